The number of nitrogens with zero attached hydrogens (tertiary/aromatic N) is 2. The molecule has 1 saturated heterocycles. The van der Waals surface area contributed by atoms with E-state index >= 15 is 0 Å². The number of ether oxygens (including phenoxy) is 1. The van der Waals surface area contributed by atoms with Gasteiger partial charge in [0.05, 0.1) is 19.7 Å². The zero-order chi connectivity index (χ0) is 16.7. The van der Waals surface area contributed by atoms with E-state index in [0.29, 0.717) is 37.6 Å². The van der Waals surface area contributed by atoms with Crippen LogP contribution < -0.4 is 0 Å². The molecule has 0 radical (unpaired) electrons. The second-order valence-corrected chi connectivity index (χ2v) is 7.24. The van der Waals surface area contributed by atoms with E-state index in [0.717, 1.165) is 24.4 Å². The highest BCUT2D eigenvalue weighted by molar-refractivity contribution is 5.86. The molecule has 1 aromatic heterocycles. The molecule has 2 unspecified atom stereocenters. The maximum absolute atomic E-state index is 12.7. The van der Waals surface area contributed by atoms with Gasteiger partial charge < -0.3 is 19.0 Å². The van der Waals surface area contributed by atoms with Crippen molar-refractivity contribution in [2.75, 3.05) is 26.3 Å². The van der Waals surface area contributed by atoms with Crippen LogP contribution in [0.15, 0.2) is 16.5 Å². The number of carbonyl (C=O) groups excluding carboxylic acids is 2. The summed E-state index contributed by atoms with van der Waals surface area (Å²) in [6, 6.07) is 4.33. The van der Waals surface area contributed by atoms with Gasteiger partial charge in [-0.15, -0.1) is 0 Å². The van der Waals surface area contributed by atoms with Gasteiger partial charge in [0, 0.05) is 18.5 Å². The summed E-state index contributed by atoms with van der Waals surface area (Å²) >= 11 is 0. The third-order valence-corrected chi connectivity index (χ3v) is 5.20. The Hall–Kier alpha value is -1.82. The molecule has 0 aromatic carbocycles. The van der Waals surface area contributed by atoms with E-state index in [-0.39, 0.29) is 25.0 Å². The Bertz CT molecular complexity index is 637. The number of hydrogen-bond donors (Lipinski definition) is 0. The summed E-state index contributed by atoms with van der Waals surface area (Å²) in [5.41, 5.74) is 0. The zero-order valence-electron chi connectivity index (χ0n) is 14.1. The van der Waals surface area contributed by atoms with Gasteiger partial charge in [-0.25, -0.2) is 0 Å². The van der Waals surface area contributed by atoms with E-state index in [1.54, 1.807) is 4.90 Å². The standard InChI is InChI=1S/C18H24N2O4/c1-12-8-15(12)16-5-4-14(24-16)9-20(13-2-3-13)17(21)10-19-6-7-23-11-18(19)22/h4-5,12-13,15H,2-3,6-11H2,1H3. The lowest BCUT2D eigenvalue weighted by atomic mass is 10.3. The monoisotopic (exact) mass is 332 g/mol. The van der Waals surface area contributed by atoms with Gasteiger partial charge in [0.1, 0.15) is 18.1 Å². The van der Waals surface area contributed by atoms with Gasteiger partial charge in [0.25, 0.3) is 0 Å². The quantitative estimate of drug-likeness (QED) is 0.796. The van der Waals surface area contributed by atoms with Gasteiger partial charge >= 0.3 is 0 Å². The SMILES string of the molecule is CC1CC1c1ccc(CN(C(=O)CN2CCOCC2=O)C2CC2)o1. The molecule has 1 aliphatic heterocycles. The van der Waals surface area contributed by atoms with Crippen LogP contribution in [0.4, 0.5) is 0 Å². The highest BCUT2D eigenvalue weighted by Gasteiger charge is 2.38. The van der Waals surface area contributed by atoms with Gasteiger partial charge in [-0.3, -0.25) is 9.59 Å². The van der Waals surface area contributed by atoms with Crippen molar-refractivity contribution in [1.29, 1.82) is 0 Å². The first-order chi connectivity index (χ1) is 11.6. The first-order valence-corrected chi connectivity index (χ1v) is 8.85. The highest BCUT2D eigenvalue weighted by atomic mass is 16.5. The zero-order valence-corrected chi connectivity index (χ0v) is 14.1. The predicted octanol–water partition coefficient (Wildman–Crippen LogP) is 1.75. The summed E-state index contributed by atoms with van der Waals surface area (Å²) in [7, 11) is 0. The van der Waals surface area contributed by atoms with Crippen LogP contribution >= 0.6 is 0 Å². The van der Waals surface area contributed by atoms with Crippen molar-refractivity contribution in [3.8, 4) is 0 Å². The van der Waals surface area contributed by atoms with Crippen LogP contribution in [0.25, 0.3) is 0 Å². The van der Waals surface area contributed by atoms with Crippen molar-refractivity contribution < 1.29 is 18.7 Å². The van der Waals surface area contributed by atoms with Crippen LogP contribution in [-0.2, 0) is 20.9 Å². The molecule has 24 heavy (non-hydrogen) atoms. The molecule has 6 heteroatoms. The molecule has 3 aliphatic rings. The molecule has 1 aromatic rings. The first-order valence-electron chi connectivity index (χ1n) is 8.85. The second kappa shape index (κ2) is 6.24. The van der Waals surface area contributed by atoms with E-state index < -0.39 is 0 Å². The molecule has 4 rings (SSSR count). The molecule has 0 spiro atoms. The van der Waals surface area contributed by atoms with E-state index in [1.165, 1.54) is 6.42 Å². The van der Waals surface area contributed by atoms with Crippen LogP contribution in [0.3, 0.4) is 0 Å². The van der Waals surface area contributed by atoms with Gasteiger partial charge in [-0.05, 0) is 37.3 Å². The Morgan fingerprint density at radius 2 is 2.17 bits per heavy atom. The average molecular weight is 332 g/mol. The lowest BCUT2D eigenvalue weighted by Gasteiger charge is -2.29. The van der Waals surface area contributed by atoms with Crippen molar-refractivity contribution >= 4 is 11.8 Å². The second-order valence-electron chi connectivity index (χ2n) is 7.24. The van der Waals surface area contributed by atoms with Crippen LogP contribution in [0.1, 0.15) is 43.6 Å². The van der Waals surface area contributed by atoms with Gasteiger partial charge in [0.15, 0.2) is 0 Å². The first kappa shape index (κ1) is 15.7. The Balaban J connectivity index is 1.39. The topological polar surface area (TPSA) is 63.0 Å². The normalized spacial score (nSPS) is 26.5. The molecule has 130 valence electrons. The molecular formula is C18H24N2O4. The van der Waals surface area contributed by atoms with Crippen molar-refractivity contribution in [3.05, 3.63) is 23.7 Å². The van der Waals surface area contributed by atoms with Crippen molar-refractivity contribution in [1.82, 2.24) is 9.80 Å². The maximum Gasteiger partial charge on any atom is 0.249 e. The Morgan fingerprint density at radius 1 is 1.38 bits per heavy atom. The number of morpholine rings is 1. The Kier molecular flexibility index (Phi) is 4.08. The molecule has 0 N–H and O–H groups in total. The number of furan rings is 1. The molecule has 2 atom stereocenters. The third kappa shape index (κ3) is 3.34. The molecular weight excluding hydrogens is 308 g/mol. The predicted molar refractivity (Wildman–Crippen MR) is 86.2 cm³/mol. The maximum atomic E-state index is 12.7. The molecule has 6 nitrogen and oxygen atoms in total. The summed E-state index contributed by atoms with van der Waals surface area (Å²) < 4.78 is 11.1. The number of hydrogen-bond acceptors (Lipinski definition) is 4. The summed E-state index contributed by atoms with van der Waals surface area (Å²) in [5.74, 6) is 3.05. The fourth-order valence-electron chi connectivity index (χ4n) is 3.34. The largest absolute Gasteiger partial charge is 0.464 e. The molecule has 2 heterocycles. The van der Waals surface area contributed by atoms with Crippen LogP contribution in [0, 0.1) is 5.92 Å². The summed E-state index contributed by atoms with van der Waals surface area (Å²) in [5, 5.41) is 0. The van der Waals surface area contributed by atoms with Crippen molar-refractivity contribution in [2.45, 2.75) is 44.7 Å². The van der Waals surface area contributed by atoms with Crippen LogP contribution in [0.5, 0.6) is 0 Å². The highest BCUT2D eigenvalue weighted by Crippen LogP contribution is 2.47. The van der Waals surface area contributed by atoms with Crippen molar-refractivity contribution in [2.24, 2.45) is 5.92 Å². The third-order valence-electron chi connectivity index (χ3n) is 5.20. The van der Waals surface area contributed by atoms with E-state index in [4.69, 9.17) is 9.15 Å². The Labute approximate surface area is 141 Å². The lowest BCUT2D eigenvalue weighted by molar-refractivity contribution is -0.149. The fourth-order valence-corrected chi connectivity index (χ4v) is 3.34. The summed E-state index contributed by atoms with van der Waals surface area (Å²) in [6.45, 7) is 3.95. The molecule has 3 fully saturated rings. The molecule has 2 aliphatic carbocycles. The minimum atomic E-state index is -0.103. The van der Waals surface area contributed by atoms with Gasteiger partial charge in [0.2, 0.25) is 11.8 Å². The minimum Gasteiger partial charge on any atom is -0.464 e. The van der Waals surface area contributed by atoms with E-state index in [9.17, 15) is 9.59 Å². The summed E-state index contributed by atoms with van der Waals surface area (Å²) in [4.78, 5) is 28.0. The fraction of sp³-hybridized carbons (Fsp3) is 0.667. The Morgan fingerprint density at radius 3 is 2.83 bits per heavy atom. The molecule has 2 amide bonds. The van der Waals surface area contributed by atoms with Crippen LogP contribution in [-0.4, -0.2) is 54.0 Å². The summed E-state index contributed by atoms with van der Waals surface area (Å²) in [6.07, 6.45) is 3.27. The number of amides is 2. The number of rotatable bonds is 6. The average Bonchev–Trinajstić information content (AvgIpc) is 3.48. The van der Waals surface area contributed by atoms with Gasteiger partial charge in [-0.2, -0.15) is 0 Å². The lowest BCUT2D eigenvalue weighted by Crippen LogP contribution is -2.48. The van der Waals surface area contributed by atoms with Crippen LogP contribution in [0.2, 0.25) is 0 Å². The molecule has 0 bridgehead atoms. The molecule has 2 saturated carbocycles. The van der Waals surface area contributed by atoms with Crippen molar-refractivity contribution in [3.63, 3.8) is 0 Å². The van der Waals surface area contributed by atoms with Gasteiger partial charge in [-0.1, -0.05) is 6.92 Å². The van der Waals surface area contributed by atoms with E-state index in [1.807, 2.05) is 17.0 Å². The smallest absolute Gasteiger partial charge is 0.249 e. The number of carbonyl (C=O) groups is 2. The minimum absolute atomic E-state index is 0.00508. The van der Waals surface area contributed by atoms with E-state index in [2.05, 4.69) is 6.92 Å².